The Morgan fingerprint density at radius 2 is 1.42 bits per heavy atom. The van der Waals surface area contributed by atoms with E-state index < -0.39 is 0 Å². The molecule has 2 heteroatoms. The number of hydrogen-bond donors (Lipinski definition) is 0. The average Bonchev–Trinajstić information content (AvgIpc) is 2.66. The van der Waals surface area contributed by atoms with Crippen LogP contribution in [0.4, 0.5) is 5.69 Å². The molecular formula is C22H19NO. The van der Waals surface area contributed by atoms with Gasteiger partial charge in [0.05, 0.1) is 5.69 Å². The zero-order valence-electron chi connectivity index (χ0n) is 13.4. The average molecular weight is 313 g/mol. The Morgan fingerprint density at radius 1 is 0.750 bits per heavy atom. The van der Waals surface area contributed by atoms with Gasteiger partial charge in [0.1, 0.15) is 12.4 Å². The number of benzene rings is 3. The summed E-state index contributed by atoms with van der Waals surface area (Å²) < 4.78 is 5.87. The first-order valence-corrected chi connectivity index (χ1v) is 7.94. The van der Waals surface area contributed by atoms with E-state index in [9.17, 15) is 0 Å². The molecule has 0 fully saturated rings. The number of hydrogen-bond acceptors (Lipinski definition) is 2. The maximum atomic E-state index is 5.87. The molecule has 0 saturated carbocycles. The van der Waals surface area contributed by atoms with Gasteiger partial charge in [-0.25, -0.2) is 0 Å². The smallest absolute Gasteiger partial charge is 0.128 e. The quantitative estimate of drug-likeness (QED) is 0.548. The van der Waals surface area contributed by atoms with Gasteiger partial charge < -0.3 is 4.74 Å². The molecule has 0 aliphatic rings. The van der Waals surface area contributed by atoms with Crippen molar-refractivity contribution in [2.75, 3.05) is 6.61 Å². The summed E-state index contributed by atoms with van der Waals surface area (Å²) in [5, 5.41) is 0. The predicted molar refractivity (Wildman–Crippen MR) is 101 cm³/mol. The van der Waals surface area contributed by atoms with Crippen LogP contribution in [0.15, 0.2) is 96.0 Å². The molecule has 0 radical (unpaired) electrons. The minimum atomic E-state index is 0.519. The molecule has 0 aliphatic carbocycles. The second-order valence-corrected chi connectivity index (χ2v) is 5.26. The van der Waals surface area contributed by atoms with Gasteiger partial charge in [-0.15, -0.1) is 0 Å². The zero-order chi connectivity index (χ0) is 16.5. The lowest BCUT2D eigenvalue weighted by Gasteiger charge is -2.06. The van der Waals surface area contributed by atoms with Crippen LogP contribution in [-0.2, 0) is 0 Å². The van der Waals surface area contributed by atoms with Crippen molar-refractivity contribution in [1.82, 2.24) is 0 Å². The van der Waals surface area contributed by atoms with E-state index >= 15 is 0 Å². The number of rotatable bonds is 6. The highest BCUT2D eigenvalue weighted by atomic mass is 16.5. The number of para-hydroxylation sites is 2. The van der Waals surface area contributed by atoms with Crippen molar-refractivity contribution in [3.8, 4) is 5.75 Å². The molecule has 0 spiro atoms. The van der Waals surface area contributed by atoms with E-state index in [0.717, 1.165) is 17.0 Å². The predicted octanol–water partition coefficient (Wildman–Crippen LogP) is 5.53. The molecule has 2 nitrogen and oxygen atoms in total. The first-order chi connectivity index (χ1) is 11.9. The lowest BCUT2D eigenvalue weighted by atomic mass is 10.2. The second kappa shape index (κ2) is 8.49. The van der Waals surface area contributed by atoms with Crippen LogP contribution in [0, 0.1) is 0 Å². The molecule has 3 aromatic rings. The summed E-state index contributed by atoms with van der Waals surface area (Å²) in [6.07, 6.45) is 5.91. The van der Waals surface area contributed by atoms with Gasteiger partial charge in [-0.2, -0.15) is 0 Å². The van der Waals surface area contributed by atoms with Gasteiger partial charge in [-0.3, -0.25) is 4.99 Å². The Balaban J connectivity index is 1.64. The van der Waals surface area contributed by atoms with Crippen molar-refractivity contribution in [3.63, 3.8) is 0 Å². The normalized spacial score (nSPS) is 11.2. The van der Waals surface area contributed by atoms with Crippen LogP contribution >= 0.6 is 0 Å². The number of nitrogens with zero attached hydrogens (tertiary/aromatic N) is 1. The van der Waals surface area contributed by atoms with Gasteiger partial charge in [0.15, 0.2) is 0 Å². The van der Waals surface area contributed by atoms with E-state index in [-0.39, 0.29) is 0 Å². The summed E-state index contributed by atoms with van der Waals surface area (Å²) >= 11 is 0. The molecule has 3 rings (SSSR count). The maximum Gasteiger partial charge on any atom is 0.128 e. The summed E-state index contributed by atoms with van der Waals surface area (Å²) in [6.45, 7) is 0.519. The minimum Gasteiger partial charge on any atom is -0.489 e. The van der Waals surface area contributed by atoms with Crippen LogP contribution in [0.25, 0.3) is 6.08 Å². The standard InChI is InChI=1S/C22H19NO/c1-3-10-19(11-4-1)12-9-17-24-22-16-8-7-13-20(22)18-23-21-14-5-2-6-15-21/h1-16,18H,17H2/b12-9+,23-18?. The zero-order valence-corrected chi connectivity index (χ0v) is 13.4. The highest BCUT2D eigenvalue weighted by molar-refractivity contribution is 5.85. The van der Waals surface area contributed by atoms with Gasteiger partial charge >= 0.3 is 0 Å². The van der Waals surface area contributed by atoms with Gasteiger partial charge in [0.25, 0.3) is 0 Å². The molecule has 0 aliphatic heterocycles. The minimum absolute atomic E-state index is 0.519. The van der Waals surface area contributed by atoms with E-state index in [4.69, 9.17) is 4.74 Å². The molecule has 0 amide bonds. The van der Waals surface area contributed by atoms with Crippen molar-refractivity contribution in [2.24, 2.45) is 4.99 Å². The molecule has 118 valence electrons. The molecule has 0 aromatic heterocycles. The fourth-order valence-electron chi connectivity index (χ4n) is 2.26. The maximum absolute atomic E-state index is 5.87. The van der Waals surface area contributed by atoms with Crippen molar-refractivity contribution >= 4 is 18.0 Å². The number of aliphatic imine (C=N–C) groups is 1. The third-order valence-electron chi connectivity index (χ3n) is 3.47. The fourth-order valence-corrected chi connectivity index (χ4v) is 2.26. The fraction of sp³-hybridized carbons (Fsp3) is 0.0455. The Hall–Kier alpha value is -3.13. The largest absolute Gasteiger partial charge is 0.489 e. The van der Waals surface area contributed by atoms with Crippen LogP contribution in [0.3, 0.4) is 0 Å². The Morgan fingerprint density at radius 3 is 2.21 bits per heavy atom. The third kappa shape index (κ3) is 4.68. The van der Waals surface area contributed by atoms with Gasteiger partial charge in [-0.05, 0) is 35.9 Å². The summed E-state index contributed by atoms with van der Waals surface area (Å²) in [5.74, 6) is 0.829. The molecule has 0 N–H and O–H groups in total. The van der Waals surface area contributed by atoms with E-state index in [2.05, 4.69) is 23.2 Å². The summed E-state index contributed by atoms with van der Waals surface area (Å²) in [4.78, 5) is 4.49. The Bertz CT molecular complexity index is 808. The van der Waals surface area contributed by atoms with E-state index in [0.29, 0.717) is 6.61 Å². The van der Waals surface area contributed by atoms with Crippen molar-refractivity contribution < 1.29 is 4.74 Å². The Kier molecular flexibility index (Phi) is 5.57. The molecule has 0 atom stereocenters. The second-order valence-electron chi connectivity index (χ2n) is 5.26. The van der Waals surface area contributed by atoms with E-state index in [1.54, 1.807) is 0 Å². The first kappa shape index (κ1) is 15.8. The van der Waals surface area contributed by atoms with Gasteiger partial charge in [0, 0.05) is 11.8 Å². The van der Waals surface area contributed by atoms with Crippen LogP contribution in [0.5, 0.6) is 5.75 Å². The Labute approximate surface area is 142 Å². The van der Waals surface area contributed by atoms with Crippen LogP contribution in [-0.4, -0.2) is 12.8 Å². The molecular weight excluding hydrogens is 294 g/mol. The monoisotopic (exact) mass is 313 g/mol. The van der Waals surface area contributed by atoms with Gasteiger partial charge in [0.2, 0.25) is 0 Å². The number of ether oxygens (including phenoxy) is 1. The van der Waals surface area contributed by atoms with Crippen molar-refractivity contribution in [1.29, 1.82) is 0 Å². The van der Waals surface area contributed by atoms with Crippen LogP contribution < -0.4 is 4.74 Å². The summed E-state index contributed by atoms with van der Waals surface area (Å²) in [7, 11) is 0. The molecule has 0 unspecified atom stereocenters. The highest BCUT2D eigenvalue weighted by Crippen LogP contribution is 2.18. The summed E-state index contributed by atoms with van der Waals surface area (Å²) in [6, 6.07) is 28.0. The van der Waals surface area contributed by atoms with Crippen LogP contribution in [0.2, 0.25) is 0 Å². The molecule has 0 heterocycles. The molecule has 0 bridgehead atoms. The van der Waals surface area contributed by atoms with Crippen LogP contribution in [0.1, 0.15) is 11.1 Å². The summed E-state index contributed by atoms with van der Waals surface area (Å²) in [5.41, 5.74) is 3.06. The van der Waals surface area contributed by atoms with Crippen molar-refractivity contribution in [3.05, 3.63) is 102 Å². The molecule has 24 heavy (non-hydrogen) atoms. The third-order valence-corrected chi connectivity index (χ3v) is 3.47. The molecule has 3 aromatic carbocycles. The SMILES string of the molecule is C(=Nc1ccccc1)c1ccccc1OC/C=C/c1ccccc1. The molecule has 0 saturated heterocycles. The van der Waals surface area contributed by atoms with Gasteiger partial charge in [-0.1, -0.05) is 66.7 Å². The topological polar surface area (TPSA) is 21.6 Å². The lowest BCUT2D eigenvalue weighted by Crippen LogP contribution is -1.97. The van der Waals surface area contributed by atoms with Crippen molar-refractivity contribution in [2.45, 2.75) is 0 Å². The highest BCUT2D eigenvalue weighted by Gasteiger charge is 1.99. The lowest BCUT2D eigenvalue weighted by molar-refractivity contribution is 0.363. The van der Waals surface area contributed by atoms with E-state index in [1.807, 2.05) is 85.1 Å². The van der Waals surface area contributed by atoms with E-state index in [1.165, 1.54) is 5.56 Å². The first-order valence-electron chi connectivity index (χ1n) is 7.94.